The van der Waals surface area contributed by atoms with Crippen LogP contribution in [-0.2, 0) is 0 Å². The van der Waals surface area contributed by atoms with Gasteiger partial charge in [0.25, 0.3) is 0 Å². The maximum atomic E-state index is 3.78. The molecule has 1 aliphatic carbocycles. The van der Waals surface area contributed by atoms with Gasteiger partial charge in [0.15, 0.2) is 0 Å². The van der Waals surface area contributed by atoms with Gasteiger partial charge in [-0.25, -0.2) is 0 Å². The molecule has 4 atom stereocenters. The first-order valence-electron chi connectivity index (χ1n) is 8.02. The highest BCUT2D eigenvalue weighted by Crippen LogP contribution is 2.30. The van der Waals surface area contributed by atoms with E-state index in [0.29, 0.717) is 6.04 Å². The zero-order valence-corrected chi connectivity index (χ0v) is 13.2. The Balaban J connectivity index is 2.50. The van der Waals surface area contributed by atoms with Crippen molar-refractivity contribution in [3.05, 3.63) is 0 Å². The second-order valence-corrected chi connectivity index (χ2v) is 6.44. The van der Waals surface area contributed by atoms with Crippen molar-refractivity contribution in [1.82, 2.24) is 10.2 Å². The smallest absolute Gasteiger partial charge is 0.0108 e. The van der Waals surface area contributed by atoms with Crippen LogP contribution >= 0.6 is 0 Å². The van der Waals surface area contributed by atoms with Crippen LogP contribution in [-0.4, -0.2) is 37.1 Å². The van der Waals surface area contributed by atoms with Crippen LogP contribution in [0.25, 0.3) is 0 Å². The Hall–Kier alpha value is -0.0800. The summed E-state index contributed by atoms with van der Waals surface area (Å²) in [5, 5.41) is 3.78. The van der Waals surface area contributed by atoms with Crippen LogP contribution in [0.2, 0.25) is 0 Å². The maximum absolute atomic E-state index is 3.78. The molecule has 1 saturated carbocycles. The topological polar surface area (TPSA) is 15.3 Å². The molecule has 0 spiro atoms. The first-order chi connectivity index (χ1) is 8.58. The van der Waals surface area contributed by atoms with E-state index in [1.54, 1.807) is 0 Å². The van der Waals surface area contributed by atoms with E-state index < -0.39 is 0 Å². The third kappa shape index (κ3) is 4.89. The fourth-order valence-corrected chi connectivity index (χ4v) is 3.16. The maximum Gasteiger partial charge on any atom is 0.0108 e. The molecule has 4 unspecified atom stereocenters. The SMILES string of the molecule is CCCNC1CCC(C)CC1CN(C)C(C)CC. The van der Waals surface area contributed by atoms with Crippen molar-refractivity contribution in [1.29, 1.82) is 0 Å². The van der Waals surface area contributed by atoms with Crippen LogP contribution in [0.3, 0.4) is 0 Å². The zero-order valence-electron chi connectivity index (χ0n) is 13.2. The quantitative estimate of drug-likeness (QED) is 0.748. The van der Waals surface area contributed by atoms with Gasteiger partial charge in [-0.15, -0.1) is 0 Å². The van der Waals surface area contributed by atoms with Gasteiger partial charge in [0.05, 0.1) is 0 Å². The summed E-state index contributed by atoms with van der Waals surface area (Å²) in [6, 6.07) is 1.47. The van der Waals surface area contributed by atoms with E-state index in [4.69, 9.17) is 0 Å². The number of hydrogen-bond acceptors (Lipinski definition) is 2. The predicted octanol–water partition coefficient (Wildman–Crippen LogP) is 3.52. The van der Waals surface area contributed by atoms with Gasteiger partial charge in [-0.05, 0) is 64.5 Å². The van der Waals surface area contributed by atoms with Gasteiger partial charge in [-0.2, -0.15) is 0 Å². The van der Waals surface area contributed by atoms with Crippen LogP contribution in [0.1, 0.15) is 59.8 Å². The molecule has 0 saturated heterocycles. The molecule has 2 nitrogen and oxygen atoms in total. The summed E-state index contributed by atoms with van der Waals surface area (Å²) in [5.74, 6) is 1.76. The molecule has 0 aliphatic heterocycles. The molecular weight excluding hydrogens is 220 g/mol. The largest absolute Gasteiger partial charge is 0.314 e. The van der Waals surface area contributed by atoms with Crippen molar-refractivity contribution in [2.24, 2.45) is 11.8 Å². The molecule has 2 heteroatoms. The fraction of sp³-hybridized carbons (Fsp3) is 1.00. The fourth-order valence-electron chi connectivity index (χ4n) is 3.16. The summed E-state index contributed by atoms with van der Waals surface area (Å²) in [6.45, 7) is 11.8. The Labute approximate surface area is 115 Å². The minimum Gasteiger partial charge on any atom is -0.314 e. The van der Waals surface area contributed by atoms with E-state index in [0.717, 1.165) is 17.9 Å². The first-order valence-corrected chi connectivity index (χ1v) is 8.02. The molecule has 1 N–H and O–H groups in total. The van der Waals surface area contributed by atoms with E-state index in [9.17, 15) is 0 Å². The van der Waals surface area contributed by atoms with Gasteiger partial charge in [0.1, 0.15) is 0 Å². The van der Waals surface area contributed by atoms with Gasteiger partial charge in [-0.3, -0.25) is 0 Å². The number of nitrogens with one attached hydrogen (secondary N) is 1. The summed E-state index contributed by atoms with van der Waals surface area (Å²) in [6.07, 6.45) is 6.69. The Bertz CT molecular complexity index is 215. The van der Waals surface area contributed by atoms with Crippen molar-refractivity contribution in [3.8, 4) is 0 Å². The summed E-state index contributed by atoms with van der Waals surface area (Å²) < 4.78 is 0. The normalized spacial score (nSPS) is 30.7. The number of hydrogen-bond donors (Lipinski definition) is 1. The lowest BCUT2D eigenvalue weighted by Crippen LogP contribution is -2.46. The second kappa shape index (κ2) is 8.16. The molecular formula is C16H34N2. The average molecular weight is 254 g/mol. The highest BCUT2D eigenvalue weighted by Gasteiger charge is 2.29. The molecule has 0 bridgehead atoms. The van der Waals surface area contributed by atoms with Crippen LogP contribution in [0.5, 0.6) is 0 Å². The third-order valence-corrected chi connectivity index (χ3v) is 4.77. The van der Waals surface area contributed by atoms with E-state index in [1.165, 1.54) is 45.2 Å². The van der Waals surface area contributed by atoms with Gasteiger partial charge < -0.3 is 10.2 Å². The lowest BCUT2D eigenvalue weighted by Gasteiger charge is -2.39. The molecule has 108 valence electrons. The summed E-state index contributed by atoms with van der Waals surface area (Å²) in [4.78, 5) is 2.56. The standard InChI is InChI=1S/C16H34N2/c1-6-10-17-16-9-8-13(3)11-15(16)12-18(5)14(4)7-2/h13-17H,6-12H2,1-5H3. The Morgan fingerprint density at radius 1 is 1.28 bits per heavy atom. The molecule has 18 heavy (non-hydrogen) atoms. The van der Waals surface area contributed by atoms with Crippen LogP contribution in [0, 0.1) is 11.8 Å². The zero-order chi connectivity index (χ0) is 13.5. The van der Waals surface area contributed by atoms with E-state index >= 15 is 0 Å². The van der Waals surface area contributed by atoms with Gasteiger partial charge in [-0.1, -0.05) is 20.8 Å². The Morgan fingerprint density at radius 3 is 2.61 bits per heavy atom. The van der Waals surface area contributed by atoms with E-state index in [1.807, 2.05) is 0 Å². The summed E-state index contributed by atoms with van der Waals surface area (Å²) in [5.41, 5.74) is 0. The third-order valence-electron chi connectivity index (χ3n) is 4.77. The van der Waals surface area contributed by atoms with Crippen molar-refractivity contribution in [3.63, 3.8) is 0 Å². The van der Waals surface area contributed by atoms with Gasteiger partial charge >= 0.3 is 0 Å². The van der Waals surface area contributed by atoms with E-state index in [-0.39, 0.29) is 0 Å². The average Bonchev–Trinajstić information content (AvgIpc) is 2.36. The Kier molecular flexibility index (Phi) is 7.25. The molecule has 1 rings (SSSR count). The number of nitrogens with zero attached hydrogens (tertiary/aromatic N) is 1. The minimum atomic E-state index is 0.717. The highest BCUT2D eigenvalue weighted by atomic mass is 15.1. The summed E-state index contributed by atoms with van der Waals surface area (Å²) >= 11 is 0. The lowest BCUT2D eigenvalue weighted by molar-refractivity contribution is 0.137. The van der Waals surface area contributed by atoms with E-state index in [2.05, 4.69) is 45.0 Å². The monoisotopic (exact) mass is 254 g/mol. The highest BCUT2D eigenvalue weighted by molar-refractivity contribution is 4.85. The first kappa shape index (κ1) is 16.0. The van der Waals surface area contributed by atoms with Crippen LogP contribution in [0.15, 0.2) is 0 Å². The predicted molar refractivity (Wildman–Crippen MR) is 81.0 cm³/mol. The van der Waals surface area contributed by atoms with Crippen molar-refractivity contribution in [2.45, 2.75) is 71.9 Å². The lowest BCUT2D eigenvalue weighted by atomic mass is 9.78. The van der Waals surface area contributed by atoms with Crippen LogP contribution in [0.4, 0.5) is 0 Å². The molecule has 0 aromatic heterocycles. The van der Waals surface area contributed by atoms with Crippen LogP contribution < -0.4 is 5.32 Å². The molecule has 1 fully saturated rings. The van der Waals surface area contributed by atoms with Gasteiger partial charge in [0, 0.05) is 18.6 Å². The van der Waals surface area contributed by atoms with Crippen molar-refractivity contribution < 1.29 is 0 Å². The number of rotatable bonds is 7. The molecule has 0 aromatic carbocycles. The molecule has 1 aliphatic rings. The van der Waals surface area contributed by atoms with Crippen molar-refractivity contribution >= 4 is 0 Å². The molecule has 0 aromatic rings. The summed E-state index contributed by atoms with van der Waals surface area (Å²) in [7, 11) is 2.30. The van der Waals surface area contributed by atoms with Gasteiger partial charge in [0.2, 0.25) is 0 Å². The minimum absolute atomic E-state index is 0.717. The Morgan fingerprint density at radius 2 is 2.00 bits per heavy atom. The molecule has 0 amide bonds. The molecule has 0 radical (unpaired) electrons. The second-order valence-electron chi connectivity index (χ2n) is 6.44. The van der Waals surface area contributed by atoms with Crippen molar-refractivity contribution in [2.75, 3.05) is 20.1 Å². The molecule has 0 heterocycles.